The van der Waals surface area contributed by atoms with Gasteiger partial charge in [0, 0.05) is 9.61 Å². The van der Waals surface area contributed by atoms with Crippen molar-refractivity contribution in [1.29, 1.82) is 0 Å². The first-order valence-electron chi connectivity index (χ1n) is 7.69. The maximum absolute atomic E-state index is 3.70. The Balaban J connectivity index is 2.66. The Kier molecular flexibility index (Phi) is 8.71. The number of nitrogens with one attached hydrogen (secondary N) is 1. The second kappa shape index (κ2) is 9.76. The van der Waals surface area contributed by atoms with E-state index in [0.717, 1.165) is 18.9 Å². The highest BCUT2D eigenvalue weighted by atomic mass is 127. The van der Waals surface area contributed by atoms with Crippen molar-refractivity contribution < 1.29 is 0 Å². The van der Waals surface area contributed by atoms with Crippen LogP contribution in [0.1, 0.15) is 52.0 Å². The second-order valence-corrected chi connectivity index (χ2v) is 6.55. The van der Waals surface area contributed by atoms with Crippen molar-refractivity contribution in [1.82, 2.24) is 5.32 Å². The van der Waals surface area contributed by atoms with Crippen molar-refractivity contribution in [3.05, 3.63) is 33.4 Å². The lowest BCUT2D eigenvalue weighted by Gasteiger charge is -2.27. The summed E-state index contributed by atoms with van der Waals surface area (Å²) in [7, 11) is 0. The average molecular weight is 373 g/mol. The fourth-order valence-corrected chi connectivity index (χ4v) is 3.06. The summed E-state index contributed by atoms with van der Waals surface area (Å²) in [5, 5.41) is 3.70. The Morgan fingerprint density at radius 1 is 1.11 bits per heavy atom. The van der Waals surface area contributed by atoms with Crippen LogP contribution in [-0.2, 0) is 6.42 Å². The van der Waals surface area contributed by atoms with E-state index in [1.54, 1.807) is 0 Å². The zero-order valence-corrected chi connectivity index (χ0v) is 14.7. The van der Waals surface area contributed by atoms with E-state index in [2.05, 4.69) is 72.9 Å². The lowest BCUT2D eigenvalue weighted by molar-refractivity contribution is 0.319. The van der Waals surface area contributed by atoms with Crippen LogP contribution in [0.5, 0.6) is 0 Å². The third-order valence-corrected chi connectivity index (χ3v) is 4.58. The molecule has 0 heterocycles. The molecule has 1 rings (SSSR count). The van der Waals surface area contributed by atoms with Crippen LogP contribution in [-0.4, -0.2) is 12.6 Å². The number of benzene rings is 1. The lowest BCUT2D eigenvalue weighted by Crippen LogP contribution is -2.37. The first-order valence-corrected chi connectivity index (χ1v) is 8.76. The molecular weight excluding hydrogens is 345 g/mol. The van der Waals surface area contributed by atoms with Gasteiger partial charge in [-0.1, -0.05) is 52.2 Å². The Morgan fingerprint density at radius 3 is 2.32 bits per heavy atom. The molecule has 0 spiro atoms. The zero-order valence-electron chi connectivity index (χ0n) is 12.6. The molecule has 1 N–H and O–H groups in total. The molecule has 1 aromatic carbocycles. The van der Waals surface area contributed by atoms with Crippen LogP contribution in [0, 0.1) is 9.49 Å². The van der Waals surface area contributed by atoms with Gasteiger partial charge < -0.3 is 5.32 Å². The van der Waals surface area contributed by atoms with Crippen molar-refractivity contribution in [2.24, 2.45) is 5.92 Å². The average Bonchev–Trinajstić information content (AvgIpc) is 2.42. The van der Waals surface area contributed by atoms with Crippen molar-refractivity contribution >= 4 is 22.6 Å². The van der Waals surface area contributed by atoms with Crippen LogP contribution in [0.25, 0.3) is 0 Å². The largest absolute Gasteiger partial charge is 0.314 e. The maximum Gasteiger partial charge on any atom is 0.0135 e. The normalized spacial score (nSPS) is 14.3. The first kappa shape index (κ1) is 17.0. The highest BCUT2D eigenvalue weighted by Crippen LogP contribution is 2.20. The van der Waals surface area contributed by atoms with E-state index in [1.165, 1.54) is 34.8 Å². The molecule has 1 nitrogen and oxygen atoms in total. The number of rotatable bonds is 9. The fraction of sp³-hybridized carbons (Fsp3) is 0.647. The summed E-state index contributed by atoms with van der Waals surface area (Å²) in [4.78, 5) is 0. The number of likely N-dealkylation sites (N-methyl/N-ethyl adjacent to an activating group) is 1. The van der Waals surface area contributed by atoms with E-state index in [0.29, 0.717) is 6.04 Å². The van der Waals surface area contributed by atoms with Crippen molar-refractivity contribution in [3.8, 4) is 0 Å². The van der Waals surface area contributed by atoms with Gasteiger partial charge in [0.15, 0.2) is 0 Å². The Hall–Kier alpha value is -0.0900. The van der Waals surface area contributed by atoms with Crippen LogP contribution >= 0.6 is 22.6 Å². The molecule has 0 radical (unpaired) electrons. The van der Waals surface area contributed by atoms with Gasteiger partial charge in [0.2, 0.25) is 0 Å². The van der Waals surface area contributed by atoms with Gasteiger partial charge in [0.1, 0.15) is 0 Å². The van der Waals surface area contributed by atoms with Gasteiger partial charge in [0.25, 0.3) is 0 Å². The summed E-state index contributed by atoms with van der Waals surface area (Å²) in [5.74, 6) is 0.805. The summed E-state index contributed by atoms with van der Waals surface area (Å²) in [6, 6.07) is 9.61. The van der Waals surface area contributed by atoms with Crippen LogP contribution in [0.4, 0.5) is 0 Å². The molecular formula is C17H28IN. The Bertz CT molecular complexity index is 334. The molecule has 0 aliphatic heterocycles. The third kappa shape index (κ3) is 6.26. The van der Waals surface area contributed by atoms with Crippen LogP contribution < -0.4 is 5.32 Å². The van der Waals surface area contributed by atoms with Crippen molar-refractivity contribution in [3.63, 3.8) is 0 Å². The van der Waals surface area contributed by atoms with E-state index in [-0.39, 0.29) is 0 Å². The van der Waals surface area contributed by atoms with Gasteiger partial charge >= 0.3 is 0 Å². The summed E-state index contributed by atoms with van der Waals surface area (Å²) < 4.78 is 1.32. The summed E-state index contributed by atoms with van der Waals surface area (Å²) in [6.45, 7) is 7.90. The van der Waals surface area contributed by atoms with Crippen LogP contribution in [0.15, 0.2) is 24.3 Å². The van der Waals surface area contributed by atoms with Crippen LogP contribution in [0.2, 0.25) is 0 Å². The predicted octanol–water partition coefficient (Wildman–Crippen LogP) is 5.03. The zero-order chi connectivity index (χ0) is 14.1. The molecule has 0 saturated heterocycles. The molecule has 2 heteroatoms. The van der Waals surface area contributed by atoms with Gasteiger partial charge in [-0.2, -0.15) is 0 Å². The molecule has 108 valence electrons. The topological polar surface area (TPSA) is 12.0 Å². The van der Waals surface area contributed by atoms with E-state index in [9.17, 15) is 0 Å². The Labute approximate surface area is 132 Å². The molecule has 0 fully saturated rings. The monoisotopic (exact) mass is 373 g/mol. The van der Waals surface area contributed by atoms with E-state index in [4.69, 9.17) is 0 Å². The lowest BCUT2D eigenvalue weighted by atomic mass is 9.87. The molecule has 1 aromatic rings. The van der Waals surface area contributed by atoms with Gasteiger partial charge in [-0.25, -0.2) is 0 Å². The molecule has 0 bridgehead atoms. The number of halogens is 1. The first-order chi connectivity index (χ1) is 9.21. The summed E-state index contributed by atoms with van der Waals surface area (Å²) in [6.07, 6.45) is 6.45. The number of unbranched alkanes of at least 4 members (excludes halogenated alkanes) is 1. The van der Waals surface area contributed by atoms with Crippen LogP contribution in [0.3, 0.4) is 0 Å². The van der Waals surface area contributed by atoms with E-state index < -0.39 is 0 Å². The molecule has 0 aromatic heterocycles. The highest BCUT2D eigenvalue weighted by molar-refractivity contribution is 14.1. The minimum absolute atomic E-state index is 0.626. The standard InChI is InChI=1S/C17H28IN/c1-4-7-8-15(5-2)17(19-6-3)13-14-9-11-16(18)12-10-14/h9-12,15,17,19H,4-8,13H2,1-3H3. The van der Waals surface area contributed by atoms with Crippen molar-refractivity contribution in [2.75, 3.05) is 6.54 Å². The fourth-order valence-electron chi connectivity index (χ4n) is 2.70. The van der Waals surface area contributed by atoms with Gasteiger partial charge in [-0.3, -0.25) is 0 Å². The van der Waals surface area contributed by atoms with Crippen molar-refractivity contribution in [2.45, 2.75) is 58.9 Å². The van der Waals surface area contributed by atoms with E-state index in [1.807, 2.05) is 0 Å². The molecule has 2 unspecified atom stereocenters. The minimum Gasteiger partial charge on any atom is -0.314 e. The summed E-state index contributed by atoms with van der Waals surface area (Å²) in [5.41, 5.74) is 1.46. The minimum atomic E-state index is 0.626. The highest BCUT2D eigenvalue weighted by Gasteiger charge is 2.18. The summed E-state index contributed by atoms with van der Waals surface area (Å²) >= 11 is 2.37. The van der Waals surface area contributed by atoms with Gasteiger partial charge in [0.05, 0.1) is 0 Å². The van der Waals surface area contributed by atoms with E-state index >= 15 is 0 Å². The van der Waals surface area contributed by atoms with Gasteiger partial charge in [-0.05, 0) is 65.6 Å². The quantitative estimate of drug-likeness (QED) is 0.599. The molecule has 0 aliphatic carbocycles. The molecule has 2 atom stereocenters. The maximum atomic E-state index is 3.70. The predicted molar refractivity (Wildman–Crippen MR) is 93.6 cm³/mol. The third-order valence-electron chi connectivity index (χ3n) is 3.86. The molecule has 0 amide bonds. The SMILES string of the molecule is CCCCC(CC)C(Cc1ccc(I)cc1)NCC. The Morgan fingerprint density at radius 2 is 1.79 bits per heavy atom. The number of hydrogen-bond donors (Lipinski definition) is 1. The molecule has 0 aliphatic rings. The number of hydrogen-bond acceptors (Lipinski definition) is 1. The smallest absolute Gasteiger partial charge is 0.0135 e. The molecule has 0 saturated carbocycles. The molecule has 19 heavy (non-hydrogen) atoms. The van der Waals surface area contributed by atoms with Gasteiger partial charge in [-0.15, -0.1) is 0 Å². The second-order valence-electron chi connectivity index (χ2n) is 5.31.